The fourth-order valence-corrected chi connectivity index (χ4v) is 13.4. The third-order valence-corrected chi connectivity index (χ3v) is 19.9. The molecule has 0 aliphatic heterocycles. The first-order valence-electron chi connectivity index (χ1n) is 42.2. The van der Waals surface area contributed by atoms with Crippen molar-refractivity contribution in [2.45, 2.75) is 476 Å². The smallest absolute Gasteiger partial charge is 0.306 e. The zero-order valence-electron chi connectivity index (χ0n) is 63.7. The van der Waals surface area contributed by atoms with Gasteiger partial charge in [0.05, 0.1) is 40.3 Å². The molecule has 2 atom stereocenters. The van der Waals surface area contributed by atoms with Gasteiger partial charge in [-0.05, 0) is 12.8 Å². The lowest BCUT2D eigenvalue weighted by molar-refractivity contribution is -0.870. The number of carboxylic acid groups (broad SMARTS) is 1. The summed E-state index contributed by atoms with van der Waals surface area (Å²) in [5.41, 5.74) is 0. The molecule has 0 N–H and O–H groups in total. The first kappa shape index (κ1) is 91.3. The molecule has 0 amide bonds. The molecule has 0 aliphatic rings. The van der Waals surface area contributed by atoms with E-state index in [1.54, 1.807) is 0 Å². The summed E-state index contributed by atoms with van der Waals surface area (Å²) in [7, 11) is 5.96. The summed E-state index contributed by atoms with van der Waals surface area (Å²) in [5.74, 6) is -2.24. The van der Waals surface area contributed by atoms with Crippen LogP contribution in [0.1, 0.15) is 463 Å². The van der Waals surface area contributed by atoms with Crippen molar-refractivity contribution in [1.29, 1.82) is 0 Å². The summed E-state index contributed by atoms with van der Waals surface area (Å²) in [6.07, 6.45) is 91.2. The number of hydrogen-bond donors (Lipinski definition) is 0. The zero-order valence-corrected chi connectivity index (χ0v) is 63.7. The van der Waals surface area contributed by atoms with Crippen molar-refractivity contribution in [3.8, 4) is 0 Å². The quantitative estimate of drug-likeness (QED) is 0.0256. The standard InChI is InChI=1S/C84H165NO8/c1-6-8-10-12-14-16-18-20-22-24-26-28-30-32-34-36-38-39-40-41-42-43-45-47-49-51-53-55-57-59-61-63-65-67-69-71-73-75-82(87)93-80(79-92-84(83(88)89)90-77-76-85(3,4)5)78-91-81(86)74-72-70-68-66-64-62-60-58-56-54-52-50-48-46-44-37-35-33-31-29-27-25-23-21-19-17-15-13-11-9-7-2/h80,84H,6-79H2,1-5H3. The van der Waals surface area contributed by atoms with Gasteiger partial charge in [0.2, 0.25) is 0 Å². The normalized spacial score (nSPS) is 12.5. The number of carbonyl (C=O) groups is 3. The topological polar surface area (TPSA) is 111 Å². The zero-order chi connectivity index (χ0) is 67.5. The summed E-state index contributed by atoms with van der Waals surface area (Å²) in [4.78, 5) is 37.6. The molecule has 9 nitrogen and oxygen atoms in total. The Kier molecular flexibility index (Phi) is 74.7. The summed E-state index contributed by atoms with van der Waals surface area (Å²) in [6, 6.07) is 0. The number of rotatable bonds is 81. The van der Waals surface area contributed by atoms with Gasteiger partial charge in [-0.2, -0.15) is 0 Å². The number of nitrogens with zero attached hydrogens (tertiary/aromatic N) is 1. The maximum Gasteiger partial charge on any atom is 0.306 e. The highest BCUT2D eigenvalue weighted by molar-refractivity contribution is 5.70. The van der Waals surface area contributed by atoms with Crippen molar-refractivity contribution in [2.75, 3.05) is 47.5 Å². The van der Waals surface area contributed by atoms with E-state index < -0.39 is 24.3 Å². The molecule has 9 heteroatoms. The molecule has 93 heavy (non-hydrogen) atoms. The van der Waals surface area contributed by atoms with E-state index in [0.717, 1.165) is 38.5 Å². The highest BCUT2D eigenvalue weighted by atomic mass is 16.7. The molecule has 554 valence electrons. The maximum absolute atomic E-state index is 13.0. The molecule has 0 saturated heterocycles. The number of likely N-dealkylation sites (N-methyl/N-ethyl adjacent to an activating group) is 1. The van der Waals surface area contributed by atoms with Gasteiger partial charge in [0, 0.05) is 12.8 Å². The van der Waals surface area contributed by atoms with Crippen LogP contribution in [-0.2, 0) is 33.3 Å². The third kappa shape index (κ3) is 77.5. The highest BCUT2D eigenvalue weighted by Gasteiger charge is 2.22. The van der Waals surface area contributed by atoms with Crippen molar-refractivity contribution in [2.24, 2.45) is 0 Å². The lowest BCUT2D eigenvalue weighted by Crippen LogP contribution is -2.44. The van der Waals surface area contributed by atoms with Crippen molar-refractivity contribution in [1.82, 2.24) is 0 Å². The Balaban J connectivity index is 3.91. The van der Waals surface area contributed by atoms with Crippen LogP contribution in [0.15, 0.2) is 0 Å². The van der Waals surface area contributed by atoms with Crippen LogP contribution in [0.3, 0.4) is 0 Å². The van der Waals surface area contributed by atoms with Crippen LogP contribution in [-0.4, -0.2) is 82.3 Å². The number of aliphatic carboxylic acids is 1. The highest BCUT2D eigenvalue weighted by Crippen LogP contribution is 2.21. The van der Waals surface area contributed by atoms with Gasteiger partial charge >= 0.3 is 11.9 Å². The monoisotopic (exact) mass is 1320 g/mol. The van der Waals surface area contributed by atoms with Crippen LogP contribution < -0.4 is 5.11 Å². The Labute approximate surface area is 581 Å². The van der Waals surface area contributed by atoms with Crippen LogP contribution in [0, 0.1) is 0 Å². The molecule has 0 aromatic rings. The second kappa shape index (κ2) is 76.1. The average molecular weight is 1320 g/mol. The molecule has 0 fully saturated rings. The lowest BCUT2D eigenvalue weighted by atomic mass is 10.0. The molecule has 0 radical (unpaired) electrons. The maximum atomic E-state index is 13.0. The van der Waals surface area contributed by atoms with E-state index in [1.807, 2.05) is 21.1 Å². The Bertz CT molecular complexity index is 1480. The Morgan fingerprint density at radius 2 is 0.484 bits per heavy atom. The number of hydrogen-bond acceptors (Lipinski definition) is 8. The van der Waals surface area contributed by atoms with E-state index >= 15 is 0 Å². The fourth-order valence-electron chi connectivity index (χ4n) is 13.4. The van der Waals surface area contributed by atoms with Crippen LogP contribution in [0.4, 0.5) is 0 Å². The first-order valence-corrected chi connectivity index (χ1v) is 42.2. The second-order valence-electron chi connectivity index (χ2n) is 30.5. The van der Waals surface area contributed by atoms with Gasteiger partial charge in [-0.15, -0.1) is 0 Å². The third-order valence-electron chi connectivity index (χ3n) is 19.9. The summed E-state index contributed by atoms with van der Waals surface area (Å²) < 4.78 is 22.9. The van der Waals surface area contributed by atoms with Crippen molar-refractivity contribution < 1.29 is 42.9 Å². The van der Waals surface area contributed by atoms with Gasteiger partial charge in [-0.3, -0.25) is 9.59 Å². The predicted octanol–water partition coefficient (Wildman–Crippen LogP) is 25.6. The minimum absolute atomic E-state index is 0.154. The van der Waals surface area contributed by atoms with Crippen LogP contribution >= 0.6 is 0 Å². The van der Waals surface area contributed by atoms with Crippen molar-refractivity contribution in [3.63, 3.8) is 0 Å². The van der Waals surface area contributed by atoms with Crippen LogP contribution in [0.5, 0.6) is 0 Å². The number of carbonyl (C=O) groups excluding carboxylic acids is 3. The average Bonchev–Trinajstić information content (AvgIpc) is 3.73. The number of esters is 2. The number of quaternary nitrogens is 1. The lowest BCUT2D eigenvalue weighted by Gasteiger charge is -2.26. The predicted molar refractivity (Wildman–Crippen MR) is 399 cm³/mol. The van der Waals surface area contributed by atoms with Gasteiger partial charge in [0.1, 0.15) is 13.2 Å². The summed E-state index contributed by atoms with van der Waals surface area (Å²) in [6.45, 7) is 4.86. The Hall–Kier alpha value is -1.71. The van der Waals surface area contributed by atoms with Gasteiger partial charge in [0.25, 0.3) is 0 Å². The molecule has 0 rings (SSSR count). The second-order valence-corrected chi connectivity index (χ2v) is 30.5. The van der Waals surface area contributed by atoms with E-state index in [0.29, 0.717) is 17.4 Å². The SMILES string of the molecule is CCCCCCCCCCCCCCCCCCCCCCCCCCCCCCCCCCCCCCCC(=O)OC(COC(=O)CCCCCCCCCCCCCCCCCCCCCCCCCCCCCCCCC)COC(OCC[N+](C)(C)C)C(=O)[O-]. The summed E-state index contributed by atoms with van der Waals surface area (Å²) in [5, 5.41) is 11.9. The molecule has 0 heterocycles. The number of ether oxygens (including phenoxy) is 4. The molecule has 0 aromatic heterocycles. The molecular formula is C84H165NO8. The summed E-state index contributed by atoms with van der Waals surface area (Å²) >= 11 is 0. The molecule has 0 bridgehead atoms. The van der Waals surface area contributed by atoms with E-state index in [1.165, 1.54) is 398 Å². The molecule has 0 spiro atoms. The first-order chi connectivity index (χ1) is 45.6. The van der Waals surface area contributed by atoms with E-state index in [-0.39, 0.29) is 32.2 Å². The minimum atomic E-state index is -1.62. The van der Waals surface area contributed by atoms with Crippen LogP contribution in [0.2, 0.25) is 0 Å². The van der Waals surface area contributed by atoms with Gasteiger partial charge < -0.3 is 33.3 Å². The number of unbranched alkanes of at least 4 members (excludes halogenated alkanes) is 66. The molecule has 0 aromatic carbocycles. The number of carboxylic acids is 1. The van der Waals surface area contributed by atoms with E-state index in [9.17, 15) is 19.5 Å². The van der Waals surface area contributed by atoms with Crippen molar-refractivity contribution >= 4 is 17.9 Å². The minimum Gasteiger partial charge on any atom is -0.545 e. The molecular weight excluding hydrogens is 1150 g/mol. The van der Waals surface area contributed by atoms with E-state index in [2.05, 4.69) is 13.8 Å². The van der Waals surface area contributed by atoms with Gasteiger partial charge in [-0.25, -0.2) is 0 Å². The van der Waals surface area contributed by atoms with Crippen molar-refractivity contribution in [3.05, 3.63) is 0 Å². The molecule has 0 aliphatic carbocycles. The van der Waals surface area contributed by atoms with Crippen LogP contribution in [0.25, 0.3) is 0 Å². The van der Waals surface area contributed by atoms with Gasteiger partial charge in [0.15, 0.2) is 12.4 Å². The Morgan fingerprint density at radius 1 is 0.280 bits per heavy atom. The molecule has 0 saturated carbocycles. The Morgan fingerprint density at radius 3 is 0.688 bits per heavy atom. The fraction of sp³-hybridized carbons (Fsp3) is 0.964. The van der Waals surface area contributed by atoms with Gasteiger partial charge in [-0.1, -0.05) is 438 Å². The molecule has 2 unspecified atom stereocenters. The largest absolute Gasteiger partial charge is 0.545 e. The van der Waals surface area contributed by atoms with E-state index in [4.69, 9.17) is 18.9 Å².